The van der Waals surface area contributed by atoms with Gasteiger partial charge in [-0.1, -0.05) is 30.3 Å². The van der Waals surface area contributed by atoms with Crippen molar-refractivity contribution < 1.29 is 13.2 Å². The molecule has 1 unspecified atom stereocenters. The van der Waals surface area contributed by atoms with Crippen molar-refractivity contribution in [1.29, 1.82) is 0 Å². The zero-order chi connectivity index (χ0) is 14.8. The zero-order valence-electron chi connectivity index (χ0n) is 11.6. The maximum atomic E-state index is 13.4. The Hall–Kier alpha value is -1.07. The molecule has 5 heteroatoms. The van der Waals surface area contributed by atoms with E-state index in [0.717, 1.165) is 25.7 Å². The smallest absolute Gasteiger partial charge is 0.328 e. The normalized spacial score (nSPS) is 25.7. The highest BCUT2D eigenvalue weighted by molar-refractivity contribution is 5.20. The number of hydrogen-bond donors (Lipinski definition) is 1. The van der Waals surface area contributed by atoms with Crippen LogP contribution in [-0.4, -0.2) is 30.2 Å². The van der Waals surface area contributed by atoms with Gasteiger partial charge in [-0.05, 0) is 38.3 Å². The SMILES string of the molecule is CN(C1CCC(N)CC1)C(c1ccccc1)C(F)(F)F. The molecular formula is C15H21F3N2. The lowest BCUT2D eigenvalue weighted by atomic mass is 9.89. The van der Waals surface area contributed by atoms with Crippen LogP contribution in [0.1, 0.15) is 37.3 Å². The molecule has 1 saturated carbocycles. The summed E-state index contributed by atoms with van der Waals surface area (Å²) in [6.07, 6.45) is -1.20. The highest BCUT2D eigenvalue weighted by atomic mass is 19.4. The fraction of sp³-hybridized carbons (Fsp3) is 0.600. The summed E-state index contributed by atoms with van der Waals surface area (Å²) in [5, 5.41) is 0. The molecule has 1 atom stereocenters. The van der Waals surface area contributed by atoms with E-state index in [1.54, 1.807) is 37.4 Å². The monoisotopic (exact) mass is 286 g/mol. The van der Waals surface area contributed by atoms with Gasteiger partial charge in [0.2, 0.25) is 0 Å². The highest BCUT2D eigenvalue weighted by Crippen LogP contribution is 2.39. The molecule has 0 bridgehead atoms. The number of nitrogens with zero attached hydrogens (tertiary/aromatic N) is 1. The number of halogens is 3. The van der Waals surface area contributed by atoms with Gasteiger partial charge in [-0.25, -0.2) is 0 Å². The van der Waals surface area contributed by atoms with E-state index >= 15 is 0 Å². The second-order valence-corrected chi connectivity index (χ2v) is 5.59. The molecule has 1 aromatic carbocycles. The molecule has 1 aliphatic carbocycles. The van der Waals surface area contributed by atoms with E-state index in [1.165, 1.54) is 4.90 Å². The van der Waals surface area contributed by atoms with Crippen LogP contribution < -0.4 is 5.73 Å². The van der Waals surface area contributed by atoms with Gasteiger partial charge in [0, 0.05) is 12.1 Å². The summed E-state index contributed by atoms with van der Waals surface area (Å²) in [5.41, 5.74) is 6.13. The van der Waals surface area contributed by atoms with Crippen LogP contribution in [0.5, 0.6) is 0 Å². The van der Waals surface area contributed by atoms with Crippen LogP contribution in [0.3, 0.4) is 0 Å². The summed E-state index contributed by atoms with van der Waals surface area (Å²) in [4.78, 5) is 1.47. The van der Waals surface area contributed by atoms with E-state index in [4.69, 9.17) is 5.73 Å². The highest BCUT2D eigenvalue weighted by Gasteiger charge is 2.45. The van der Waals surface area contributed by atoms with Crippen molar-refractivity contribution in [1.82, 2.24) is 4.90 Å². The molecule has 0 aromatic heterocycles. The molecule has 20 heavy (non-hydrogen) atoms. The van der Waals surface area contributed by atoms with Gasteiger partial charge < -0.3 is 5.73 Å². The van der Waals surface area contributed by atoms with Gasteiger partial charge in [0.15, 0.2) is 0 Å². The second kappa shape index (κ2) is 6.14. The van der Waals surface area contributed by atoms with Crippen molar-refractivity contribution in [2.75, 3.05) is 7.05 Å². The van der Waals surface area contributed by atoms with Gasteiger partial charge in [0.05, 0.1) is 0 Å². The van der Waals surface area contributed by atoms with Gasteiger partial charge in [-0.3, -0.25) is 4.90 Å². The van der Waals surface area contributed by atoms with Crippen LogP contribution in [0.25, 0.3) is 0 Å². The first-order valence-corrected chi connectivity index (χ1v) is 6.98. The Morgan fingerprint density at radius 2 is 1.65 bits per heavy atom. The van der Waals surface area contributed by atoms with Crippen LogP contribution in [-0.2, 0) is 0 Å². The molecular weight excluding hydrogens is 265 g/mol. The van der Waals surface area contributed by atoms with E-state index in [2.05, 4.69) is 0 Å². The minimum atomic E-state index is -4.27. The van der Waals surface area contributed by atoms with E-state index in [1.807, 2.05) is 0 Å². The minimum absolute atomic E-state index is 0.0540. The van der Waals surface area contributed by atoms with Crippen LogP contribution in [0, 0.1) is 0 Å². The van der Waals surface area contributed by atoms with Gasteiger partial charge in [-0.2, -0.15) is 13.2 Å². The summed E-state index contributed by atoms with van der Waals surface area (Å²) in [5.74, 6) is 0. The minimum Gasteiger partial charge on any atom is -0.328 e. The van der Waals surface area contributed by atoms with Crippen LogP contribution in [0.15, 0.2) is 30.3 Å². The number of hydrogen-bond acceptors (Lipinski definition) is 2. The number of alkyl halides is 3. The maximum Gasteiger partial charge on any atom is 0.408 e. The Kier molecular flexibility index (Phi) is 4.70. The third-order valence-corrected chi connectivity index (χ3v) is 4.15. The molecule has 1 aliphatic rings. The number of nitrogens with two attached hydrogens (primary N) is 1. The third-order valence-electron chi connectivity index (χ3n) is 4.15. The van der Waals surface area contributed by atoms with E-state index in [0.29, 0.717) is 5.56 Å². The molecule has 0 aliphatic heterocycles. The van der Waals surface area contributed by atoms with Crippen molar-refractivity contribution in [3.63, 3.8) is 0 Å². The zero-order valence-corrected chi connectivity index (χ0v) is 11.6. The first kappa shape index (κ1) is 15.3. The van der Waals surface area contributed by atoms with Crippen LogP contribution in [0.4, 0.5) is 13.2 Å². The Morgan fingerprint density at radius 3 is 2.15 bits per heavy atom. The van der Waals surface area contributed by atoms with Gasteiger partial charge >= 0.3 is 6.18 Å². The predicted octanol–water partition coefficient (Wildman–Crippen LogP) is 3.49. The van der Waals surface area contributed by atoms with E-state index in [-0.39, 0.29) is 12.1 Å². The topological polar surface area (TPSA) is 29.3 Å². The molecule has 0 saturated heterocycles. The molecule has 1 aromatic rings. The van der Waals surface area contributed by atoms with Crippen LogP contribution >= 0.6 is 0 Å². The maximum absolute atomic E-state index is 13.4. The summed E-state index contributed by atoms with van der Waals surface area (Å²) in [6.45, 7) is 0. The molecule has 112 valence electrons. The average Bonchev–Trinajstić information content (AvgIpc) is 2.39. The quantitative estimate of drug-likeness (QED) is 0.921. The number of rotatable bonds is 3. The molecule has 0 spiro atoms. The Balaban J connectivity index is 2.19. The lowest BCUT2D eigenvalue weighted by Gasteiger charge is -2.39. The fourth-order valence-corrected chi connectivity index (χ4v) is 3.01. The van der Waals surface area contributed by atoms with Crippen molar-refractivity contribution in [2.24, 2.45) is 5.73 Å². The first-order valence-electron chi connectivity index (χ1n) is 6.98. The van der Waals surface area contributed by atoms with E-state index in [9.17, 15) is 13.2 Å². The van der Waals surface area contributed by atoms with Crippen molar-refractivity contribution in [2.45, 2.75) is 50.0 Å². The summed E-state index contributed by atoms with van der Waals surface area (Å²) in [6, 6.07) is 6.67. The molecule has 2 rings (SSSR count). The average molecular weight is 286 g/mol. The molecule has 2 nitrogen and oxygen atoms in total. The summed E-state index contributed by atoms with van der Waals surface area (Å²) in [7, 11) is 1.58. The van der Waals surface area contributed by atoms with Gasteiger partial charge in [-0.15, -0.1) is 0 Å². The predicted molar refractivity (Wildman–Crippen MR) is 73.2 cm³/mol. The fourth-order valence-electron chi connectivity index (χ4n) is 3.01. The second-order valence-electron chi connectivity index (χ2n) is 5.59. The Labute approximate surface area is 117 Å². The van der Waals surface area contributed by atoms with Crippen molar-refractivity contribution >= 4 is 0 Å². The standard InChI is InChI=1S/C15H21F3N2/c1-20(13-9-7-12(19)8-10-13)14(15(16,17)18)11-5-3-2-4-6-11/h2-6,12-14H,7-10,19H2,1H3. The molecule has 2 N–H and O–H groups in total. The third kappa shape index (κ3) is 3.52. The summed E-state index contributed by atoms with van der Waals surface area (Å²) >= 11 is 0. The Bertz CT molecular complexity index is 411. The van der Waals surface area contributed by atoms with Gasteiger partial charge in [0.25, 0.3) is 0 Å². The summed E-state index contributed by atoms with van der Waals surface area (Å²) < 4.78 is 40.3. The van der Waals surface area contributed by atoms with Crippen molar-refractivity contribution in [3.8, 4) is 0 Å². The Morgan fingerprint density at radius 1 is 1.10 bits per heavy atom. The van der Waals surface area contributed by atoms with E-state index < -0.39 is 12.2 Å². The lowest BCUT2D eigenvalue weighted by Crippen LogP contribution is -2.45. The van der Waals surface area contributed by atoms with Gasteiger partial charge in [0.1, 0.15) is 6.04 Å². The molecule has 0 heterocycles. The largest absolute Gasteiger partial charge is 0.408 e. The van der Waals surface area contributed by atoms with Crippen molar-refractivity contribution in [3.05, 3.63) is 35.9 Å². The molecule has 1 fully saturated rings. The molecule has 0 radical (unpaired) electrons. The molecule has 0 amide bonds. The van der Waals surface area contributed by atoms with Crippen LogP contribution in [0.2, 0.25) is 0 Å². The lowest BCUT2D eigenvalue weighted by molar-refractivity contribution is -0.190. The number of benzene rings is 1. The first-order chi connectivity index (χ1) is 9.39.